The molecule has 1 amide bonds. The van der Waals surface area contributed by atoms with Crippen LogP contribution in [0, 0.1) is 0 Å². The fourth-order valence-corrected chi connectivity index (χ4v) is 3.03. The molecular formula is C14H25NO6S. The summed E-state index contributed by atoms with van der Waals surface area (Å²) < 4.78 is 11.0. The average molecular weight is 335 g/mol. The van der Waals surface area contributed by atoms with Gasteiger partial charge in [-0.05, 0) is 24.9 Å². The Labute approximate surface area is 134 Å². The van der Waals surface area contributed by atoms with Crippen molar-refractivity contribution in [2.24, 2.45) is 0 Å². The maximum absolute atomic E-state index is 11.6. The quantitative estimate of drug-likeness (QED) is 0.558. The minimum absolute atomic E-state index is 0.224. The number of hydrogen-bond acceptors (Lipinski definition) is 6. The first-order valence-corrected chi connectivity index (χ1v) is 8.56. The summed E-state index contributed by atoms with van der Waals surface area (Å²) in [5.74, 6) is -1.55. The maximum atomic E-state index is 11.6. The Morgan fingerprint density at radius 3 is 2.68 bits per heavy atom. The van der Waals surface area contributed by atoms with Gasteiger partial charge < -0.3 is 25.0 Å². The molecule has 22 heavy (non-hydrogen) atoms. The van der Waals surface area contributed by atoms with Crippen molar-refractivity contribution < 1.29 is 29.3 Å². The second-order valence-electron chi connectivity index (χ2n) is 5.28. The molecule has 8 heteroatoms. The lowest BCUT2D eigenvalue weighted by atomic mass is 9.93. The molecule has 0 aliphatic carbocycles. The molecule has 3 N–H and O–H groups in total. The number of thioether (sulfide) groups is 1. The molecule has 0 bridgehead atoms. The minimum atomic E-state index is -1.86. The fourth-order valence-electron chi connectivity index (χ4n) is 2.42. The Kier molecular flexibility index (Phi) is 7.61. The predicted octanol–water partition coefficient (Wildman–Crippen LogP) is 0.602. The third-order valence-electron chi connectivity index (χ3n) is 3.44. The summed E-state index contributed by atoms with van der Waals surface area (Å²) in [7, 11) is 0. The lowest BCUT2D eigenvalue weighted by Crippen LogP contribution is -2.63. The van der Waals surface area contributed by atoms with Crippen molar-refractivity contribution in [1.29, 1.82) is 0 Å². The van der Waals surface area contributed by atoms with Gasteiger partial charge in [0.05, 0.1) is 24.9 Å². The number of hydrogen-bond donors (Lipinski definition) is 3. The summed E-state index contributed by atoms with van der Waals surface area (Å²) in [6.07, 6.45) is -1.24. The molecule has 7 nitrogen and oxygen atoms in total. The van der Waals surface area contributed by atoms with Crippen LogP contribution in [0.3, 0.4) is 0 Å². The highest BCUT2D eigenvalue weighted by Crippen LogP contribution is 2.31. The molecule has 1 aliphatic rings. The van der Waals surface area contributed by atoms with Crippen molar-refractivity contribution in [1.82, 2.24) is 5.32 Å². The van der Waals surface area contributed by atoms with Gasteiger partial charge in [0.1, 0.15) is 0 Å². The van der Waals surface area contributed by atoms with E-state index in [1.54, 1.807) is 18.7 Å². The monoisotopic (exact) mass is 335 g/mol. The van der Waals surface area contributed by atoms with Crippen LogP contribution >= 0.6 is 11.8 Å². The lowest BCUT2D eigenvalue weighted by molar-refractivity contribution is -0.292. The van der Waals surface area contributed by atoms with Crippen molar-refractivity contribution in [2.75, 3.05) is 18.1 Å². The van der Waals surface area contributed by atoms with E-state index in [0.29, 0.717) is 6.42 Å². The maximum Gasteiger partial charge on any atom is 0.364 e. The van der Waals surface area contributed by atoms with Crippen molar-refractivity contribution in [2.45, 2.75) is 57.6 Å². The van der Waals surface area contributed by atoms with Crippen molar-refractivity contribution in [3.05, 3.63) is 0 Å². The summed E-state index contributed by atoms with van der Waals surface area (Å²) in [5, 5.41) is 22.2. The Morgan fingerprint density at radius 1 is 1.50 bits per heavy atom. The van der Waals surface area contributed by atoms with Gasteiger partial charge in [0, 0.05) is 13.3 Å². The first-order valence-electron chi connectivity index (χ1n) is 7.40. The number of aliphatic hydroxyl groups excluding tert-OH is 1. The van der Waals surface area contributed by atoms with Gasteiger partial charge in [-0.3, -0.25) is 4.79 Å². The van der Waals surface area contributed by atoms with Crippen molar-refractivity contribution in [3.63, 3.8) is 0 Å². The molecule has 0 aromatic heterocycles. The highest BCUT2D eigenvalue weighted by molar-refractivity contribution is 7.99. The first kappa shape index (κ1) is 19.2. The molecular weight excluding hydrogens is 310 g/mol. The second kappa shape index (κ2) is 8.71. The number of carboxylic acids is 1. The van der Waals surface area contributed by atoms with Gasteiger partial charge in [-0.15, -0.1) is 0 Å². The van der Waals surface area contributed by atoms with Crippen LogP contribution in [-0.4, -0.2) is 64.2 Å². The summed E-state index contributed by atoms with van der Waals surface area (Å²) in [6.45, 7) is 5.23. The number of aliphatic hydroxyl groups is 1. The van der Waals surface area contributed by atoms with E-state index < -0.39 is 30.0 Å². The zero-order valence-electron chi connectivity index (χ0n) is 13.2. The number of rotatable bonds is 8. The van der Waals surface area contributed by atoms with Gasteiger partial charge in [0.2, 0.25) is 5.91 Å². The predicted molar refractivity (Wildman–Crippen MR) is 82.7 cm³/mol. The molecule has 1 rings (SSSR count). The van der Waals surface area contributed by atoms with Crippen LogP contribution in [0.2, 0.25) is 0 Å². The standard InChI is InChI=1S/C14H25NO6S/c1-4-22-7-5-6-20-14(13(18)19)8-11(17)12(9(2)21-14)15-10(3)16/h9,11-12,17H,4-8H2,1-3H3,(H,15,16)(H,18,19)/t9-,11-,12-,14+/m0/s1. The number of carbonyl (C=O) groups is 2. The summed E-state index contributed by atoms with van der Waals surface area (Å²) in [4.78, 5) is 22.7. The van der Waals surface area contributed by atoms with Gasteiger partial charge in [0.25, 0.3) is 5.79 Å². The van der Waals surface area contributed by atoms with Gasteiger partial charge >= 0.3 is 5.97 Å². The summed E-state index contributed by atoms with van der Waals surface area (Å²) in [6, 6.07) is -0.649. The smallest absolute Gasteiger partial charge is 0.364 e. The fraction of sp³-hybridized carbons (Fsp3) is 0.857. The second-order valence-corrected chi connectivity index (χ2v) is 6.67. The van der Waals surface area contributed by atoms with Crippen LogP contribution in [0.5, 0.6) is 0 Å². The molecule has 1 aliphatic heterocycles. The van der Waals surface area contributed by atoms with Crippen LogP contribution in [-0.2, 0) is 19.1 Å². The van der Waals surface area contributed by atoms with Crippen LogP contribution in [0.25, 0.3) is 0 Å². The Balaban J connectivity index is 2.67. The molecule has 1 heterocycles. The van der Waals surface area contributed by atoms with E-state index in [9.17, 15) is 19.8 Å². The zero-order valence-corrected chi connectivity index (χ0v) is 14.0. The van der Waals surface area contributed by atoms with Crippen molar-refractivity contribution >= 4 is 23.6 Å². The third-order valence-corrected chi connectivity index (χ3v) is 4.43. The van der Waals surface area contributed by atoms with Crippen LogP contribution in [0.1, 0.15) is 33.6 Å². The van der Waals surface area contributed by atoms with Crippen LogP contribution < -0.4 is 5.32 Å². The Hall–Kier alpha value is -0.830. The molecule has 0 aromatic carbocycles. The lowest BCUT2D eigenvalue weighted by Gasteiger charge is -2.43. The number of amides is 1. The van der Waals surface area contributed by atoms with Gasteiger partial charge in [-0.2, -0.15) is 11.8 Å². The molecule has 0 saturated carbocycles. The van der Waals surface area contributed by atoms with Crippen LogP contribution in [0.4, 0.5) is 0 Å². The molecule has 0 unspecified atom stereocenters. The Morgan fingerprint density at radius 2 is 2.18 bits per heavy atom. The van der Waals surface area contributed by atoms with Gasteiger partial charge in [-0.25, -0.2) is 4.79 Å². The minimum Gasteiger partial charge on any atom is -0.477 e. The molecule has 0 spiro atoms. The molecule has 0 aromatic rings. The number of aliphatic carboxylic acids is 1. The largest absolute Gasteiger partial charge is 0.477 e. The highest BCUT2D eigenvalue weighted by atomic mass is 32.2. The highest BCUT2D eigenvalue weighted by Gasteiger charge is 2.51. The van der Waals surface area contributed by atoms with Gasteiger partial charge in [0.15, 0.2) is 0 Å². The number of ether oxygens (including phenoxy) is 2. The zero-order chi connectivity index (χ0) is 16.8. The Bertz CT molecular complexity index is 380. The normalized spacial score (nSPS) is 31.7. The van der Waals surface area contributed by atoms with E-state index in [-0.39, 0.29) is 18.9 Å². The van der Waals surface area contributed by atoms with E-state index in [0.717, 1.165) is 11.5 Å². The van der Waals surface area contributed by atoms with E-state index in [4.69, 9.17) is 9.47 Å². The van der Waals surface area contributed by atoms with E-state index in [1.165, 1.54) is 6.92 Å². The topological polar surface area (TPSA) is 105 Å². The van der Waals surface area contributed by atoms with E-state index >= 15 is 0 Å². The molecule has 128 valence electrons. The third kappa shape index (κ3) is 5.12. The molecule has 1 fully saturated rings. The van der Waals surface area contributed by atoms with Crippen molar-refractivity contribution in [3.8, 4) is 0 Å². The van der Waals surface area contributed by atoms with Crippen LogP contribution in [0.15, 0.2) is 0 Å². The summed E-state index contributed by atoms with van der Waals surface area (Å²) >= 11 is 1.75. The average Bonchev–Trinajstić information content (AvgIpc) is 2.42. The number of carbonyl (C=O) groups excluding carboxylic acids is 1. The molecule has 0 radical (unpaired) electrons. The first-order chi connectivity index (χ1) is 10.3. The van der Waals surface area contributed by atoms with E-state index in [2.05, 4.69) is 12.2 Å². The van der Waals surface area contributed by atoms with Gasteiger partial charge in [-0.1, -0.05) is 6.92 Å². The molecule has 1 saturated heterocycles. The number of nitrogens with one attached hydrogen (secondary N) is 1. The SMILES string of the molecule is CCSCCCO[C@]1(C(=O)O)C[C@H](O)[C@@H](NC(C)=O)[C@H](C)O1. The van der Waals surface area contributed by atoms with E-state index in [1.807, 2.05) is 0 Å². The molecule has 4 atom stereocenters. The summed E-state index contributed by atoms with van der Waals surface area (Å²) in [5.41, 5.74) is 0. The number of carboxylic acid groups (broad SMARTS) is 1.